The summed E-state index contributed by atoms with van der Waals surface area (Å²) in [6.07, 6.45) is 1.52. The third kappa shape index (κ3) is 5.33. The summed E-state index contributed by atoms with van der Waals surface area (Å²) in [6, 6.07) is 15.5. The minimum Gasteiger partial charge on any atom is -0.388 e. The molecule has 1 aromatic heterocycles. The number of carbonyl (C=O) groups is 1. The zero-order valence-corrected chi connectivity index (χ0v) is 20.5. The highest BCUT2D eigenvalue weighted by Gasteiger charge is 2.18. The average molecular weight is 473 g/mol. The molecule has 2 heterocycles. The summed E-state index contributed by atoms with van der Waals surface area (Å²) in [7, 11) is 1.85. The molecule has 182 valence electrons. The van der Waals surface area contributed by atoms with Gasteiger partial charge in [0.1, 0.15) is 12.1 Å². The fourth-order valence-corrected chi connectivity index (χ4v) is 4.23. The smallest absolute Gasteiger partial charge is 0.253 e. The van der Waals surface area contributed by atoms with Gasteiger partial charge in [-0.25, -0.2) is 9.97 Å². The van der Waals surface area contributed by atoms with Crippen LogP contribution in [0.25, 0.3) is 11.1 Å². The number of amides is 1. The molecule has 1 amide bonds. The highest BCUT2D eigenvalue weighted by Crippen LogP contribution is 2.28. The number of benzene rings is 2. The third-order valence-electron chi connectivity index (χ3n) is 6.32. The van der Waals surface area contributed by atoms with E-state index >= 15 is 0 Å². The lowest BCUT2D eigenvalue weighted by Crippen LogP contribution is -2.36. The predicted molar refractivity (Wildman–Crippen MR) is 140 cm³/mol. The number of nitrogens with zero attached hydrogens (tertiary/aromatic N) is 4. The Bertz CT molecular complexity index is 1180. The largest absolute Gasteiger partial charge is 0.388 e. The highest BCUT2D eigenvalue weighted by atomic mass is 16.5. The molecule has 35 heavy (non-hydrogen) atoms. The Morgan fingerprint density at radius 2 is 1.71 bits per heavy atom. The van der Waals surface area contributed by atoms with Crippen LogP contribution >= 0.6 is 0 Å². The van der Waals surface area contributed by atoms with Crippen molar-refractivity contribution in [1.29, 1.82) is 5.41 Å². The van der Waals surface area contributed by atoms with E-state index in [4.69, 9.17) is 10.1 Å². The zero-order valence-electron chi connectivity index (χ0n) is 20.5. The van der Waals surface area contributed by atoms with Crippen molar-refractivity contribution >= 4 is 23.1 Å². The van der Waals surface area contributed by atoms with E-state index in [1.54, 1.807) is 0 Å². The maximum atomic E-state index is 12.6. The molecular formula is C27H32N6O2. The first-order valence-corrected chi connectivity index (χ1v) is 12.0. The van der Waals surface area contributed by atoms with Gasteiger partial charge in [0.2, 0.25) is 0 Å². The van der Waals surface area contributed by atoms with E-state index in [1.807, 2.05) is 74.3 Å². The predicted octanol–water partition coefficient (Wildman–Crippen LogP) is 3.92. The maximum Gasteiger partial charge on any atom is 0.253 e. The Morgan fingerprint density at radius 3 is 2.37 bits per heavy atom. The number of hydrogen-bond acceptors (Lipinski definition) is 7. The van der Waals surface area contributed by atoms with Crippen molar-refractivity contribution in [2.75, 3.05) is 56.7 Å². The molecule has 2 aromatic carbocycles. The average Bonchev–Trinajstić information content (AvgIpc) is 2.93. The summed E-state index contributed by atoms with van der Waals surface area (Å²) in [5, 5.41) is 12.1. The van der Waals surface area contributed by atoms with Gasteiger partial charge in [-0.2, -0.15) is 0 Å². The van der Waals surface area contributed by atoms with Crippen molar-refractivity contribution in [3.05, 3.63) is 71.7 Å². The minimum absolute atomic E-state index is 0.0365. The summed E-state index contributed by atoms with van der Waals surface area (Å²) >= 11 is 0. The van der Waals surface area contributed by atoms with E-state index < -0.39 is 0 Å². The number of carbonyl (C=O) groups excluding carboxylic acids is 1. The van der Waals surface area contributed by atoms with E-state index in [-0.39, 0.29) is 5.91 Å². The van der Waals surface area contributed by atoms with Gasteiger partial charge in [-0.05, 0) is 49.2 Å². The van der Waals surface area contributed by atoms with Crippen LogP contribution in [0.2, 0.25) is 0 Å². The molecule has 8 nitrogen and oxygen atoms in total. The van der Waals surface area contributed by atoms with Crippen LogP contribution in [-0.4, -0.2) is 72.9 Å². The van der Waals surface area contributed by atoms with Crippen molar-refractivity contribution in [2.24, 2.45) is 0 Å². The van der Waals surface area contributed by atoms with Gasteiger partial charge in [0.05, 0.1) is 24.6 Å². The zero-order chi connectivity index (χ0) is 24.8. The normalized spacial score (nSPS) is 13.4. The van der Waals surface area contributed by atoms with Crippen LogP contribution in [0.15, 0.2) is 54.9 Å². The van der Waals surface area contributed by atoms with E-state index in [9.17, 15) is 4.79 Å². The summed E-state index contributed by atoms with van der Waals surface area (Å²) in [5.74, 6) is 0.841. The van der Waals surface area contributed by atoms with Crippen LogP contribution in [0, 0.1) is 5.41 Å². The van der Waals surface area contributed by atoms with Gasteiger partial charge >= 0.3 is 0 Å². The molecule has 1 saturated heterocycles. The summed E-state index contributed by atoms with van der Waals surface area (Å²) in [4.78, 5) is 25.4. The Hall–Kier alpha value is -3.78. The second kappa shape index (κ2) is 11.1. The fraction of sp³-hybridized carbons (Fsp3) is 0.333. The molecule has 0 aliphatic carbocycles. The maximum absolute atomic E-state index is 12.6. The Kier molecular flexibility index (Phi) is 7.72. The van der Waals surface area contributed by atoms with Crippen LogP contribution in [-0.2, 0) is 4.74 Å². The molecule has 8 heteroatoms. The molecule has 0 spiro atoms. The van der Waals surface area contributed by atoms with Crippen molar-refractivity contribution in [3.63, 3.8) is 0 Å². The number of anilines is 2. The van der Waals surface area contributed by atoms with Gasteiger partial charge in [0, 0.05) is 56.1 Å². The van der Waals surface area contributed by atoms with Crippen molar-refractivity contribution in [1.82, 2.24) is 14.9 Å². The molecule has 0 saturated carbocycles. The lowest BCUT2D eigenvalue weighted by Gasteiger charge is -2.27. The van der Waals surface area contributed by atoms with Gasteiger partial charge in [-0.1, -0.05) is 18.2 Å². The number of ether oxygens (including phenoxy) is 1. The molecule has 1 aliphatic heterocycles. The van der Waals surface area contributed by atoms with E-state index in [2.05, 4.69) is 20.2 Å². The molecular weight excluding hydrogens is 440 g/mol. The lowest BCUT2D eigenvalue weighted by atomic mass is 9.97. The van der Waals surface area contributed by atoms with Gasteiger partial charge in [0.15, 0.2) is 0 Å². The second-order valence-corrected chi connectivity index (χ2v) is 8.30. The fourth-order valence-electron chi connectivity index (χ4n) is 4.23. The van der Waals surface area contributed by atoms with E-state index in [0.717, 1.165) is 41.3 Å². The quantitative estimate of drug-likeness (QED) is 0.483. The first-order valence-electron chi connectivity index (χ1n) is 12.0. The number of nitrogens with one attached hydrogen (secondary N) is 2. The highest BCUT2D eigenvalue weighted by molar-refractivity contribution is 6.13. The van der Waals surface area contributed by atoms with Crippen LogP contribution < -0.4 is 10.2 Å². The van der Waals surface area contributed by atoms with E-state index in [1.165, 1.54) is 6.33 Å². The molecule has 3 aromatic rings. The van der Waals surface area contributed by atoms with Crippen LogP contribution in [0.4, 0.5) is 11.5 Å². The monoisotopic (exact) mass is 472 g/mol. The summed E-state index contributed by atoms with van der Waals surface area (Å²) in [6.45, 7) is 8.22. The number of aromatic nitrogens is 2. The third-order valence-corrected chi connectivity index (χ3v) is 6.32. The Morgan fingerprint density at radius 1 is 1.03 bits per heavy atom. The van der Waals surface area contributed by atoms with Gasteiger partial charge < -0.3 is 19.9 Å². The first kappa shape index (κ1) is 24.3. The summed E-state index contributed by atoms with van der Waals surface area (Å²) < 4.78 is 5.44. The lowest BCUT2D eigenvalue weighted by molar-refractivity contribution is 0.0773. The molecule has 0 radical (unpaired) electrons. The topological polar surface area (TPSA) is 94.4 Å². The Labute approximate surface area is 206 Å². The summed E-state index contributed by atoms with van der Waals surface area (Å²) in [5.41, 5.74) is 5.10. The molecule has 1 aliphatic rings. The van der Waals surface area contributed by atoms with Crippen LogP contribution in [0.5, 0.6) is 0 Å². The van der Waals surface area contributed by atoms with E-state index in [0.29, 0.717) is 43.3 Å². The standard InChI is InChI=1S/C27H32N6O2/c1-4-32(5-2)27(34)20-8-6-19(7-9-20)21-10-11-23(29-3)22(16-21)26(28)24-17-25(31-18-30-24)33-12-14-35-15-13-33/h6-11,16-18,28-29H,4-5,12-15H2,1-3H3. The molecule has 0 bridgehead atoms. The van der Waals surface area contributed by atoms with Crippen molar-refractivity contribution in [2.45, 2.75) is 13.8 Å². The molecule has 0 atom stereocenters. The van der Waals surface area contributed by atoms with Crippen LogP contribution in [0.3, 0.4) is 0 Å². The number of morpholine rings is 1. The first-order chi connectivity index (χ1) is 17.0. The second-order valence-electron chi connectivity index (χ2n) is 8.30. The molecule has 0 unspecified atom stereocenters. The van der Waals surface area contributed by atoms with Crippen molar-refractivity contribution in [3.8, 4) is 11.1 Å². The number of rotatable bonds is 8. The van der Waals surface area contributed by atoms with Crippen LogP contribution in [0.1, 0.15) is 35.5 Å². The van der Waals surface area contributed by atoms with Gasteiger partial charge in [-0.3, -0.25) is 10.2 Å². The van der Waals surface area contributed by atoms with Gasteiger partial charge in [-0.15, -0.1) is 0 Å². The molecule has 1 fully saturated rings. The van der Waals surface area contributed by atoms with Crippen molar-refractivity contribution < 1.29 is 9.53 Å². The SMILES string of the molecule is CCN(CC)C(=O)c1ccc(-c2ccc(NC)c(C(=N)c3cc(N4CCOCC4)ncn3)c2)cc1. The molecule has 2 N–H and O–H groups in total. The number of hydrogen-bond donors (Lipinski definition) is 2. The van der Waals surface area contributed by atoms with Gasteiger partial charge in [0.25, 0.3) is 5.91 Å². The minimum atomic E-state index is 0.0365. The molecule has 4 rings (SSSR count). The Balaban J connectivity index is 1.62.